The molecule has 15 heavy (non-hydrogen) atoms. The number of aromatic carboxylic acids is 1. The minimum absolute atomic E-state index is 0.170. The van der Waals surface area contributed by atoms with Gasteiger partial charge in [0.25, 0.3) is 0 Å². The second-order valence-electron chi connectivity index (χ2n) is 2.63. The van der Waals surface area contributed by atoms with Gasteiger partial charge in [0.05, 0.1) is 5.56 Å². The van der Waals surface area contributed by atoms with Crippen LogP contribution >= 0.6 is 0 Å². The zero-order valence-corrected chi connectivity index (χ0v) is 7.44. The van der Waals surface area contributed by atoms with E-state index in [1.807, 2.05) is 0 Å². The summed E-state index contributed by atoms with van der Waals surface area (Å²) < 4.78 is 17.5. The van der Waals surface area contributed by atoms with Crippen LogP contribution in [0, 0.1) is 5.82 Å². The second-order valence-corrected chi connectivity index (χ2v) is 2.63. The summed E-state index contributed by atoms with van der Waals surface area (Å²) in [6.45, 7) is -0.722. The third-order valence-electron chi connectivity index (χ3n) is 1.53. The molecule has 0 aromatic heterocycles. The summed E-state index contributed by atoms with van der Waals surface area (Å²) in [5.41, 5.74) is -0.170. The molecule has 0 atom stereocenters. The lowest BCUT2D eigenvalue weighted by Gasteiger charge is -2.05. The quantitative estimate of drug-likeness (QED) is 0.780. The average Bonchev–Trinajstić information content (AvgIpc) is 2.16. The molecule has 80 valence electrons. The predicted molar refractivity (Wildman–Crippen MR) is 46.5 cm³/mol. The molecule has 0 saturated heterocycles. The normalized spacial score (nSPS) is 9.67. The van der Waals surface area contributed by atoms with Crippen LogP contribution in [0.25, 0.3) is 0 Å². The van der Waals surface area contributed by atoms with Crippen LogP contribution in [-0.4, -0.2) is 28.8 Å². The van der Waals surface area contributed by atoms with Crippen molar-refractivity contribution in [2.75, 3.05) is 6.61 Å². The number of hydrogen-bond donors (Lipinski definition) is 2. The third-order valence-corrected chi connectivity index (χ3v) is 1.53. The topological polar surface area (TPSA) is 83.8 Å². The van der Waals surface area contributed by atoms with E-state index in [0.717, 1.165) is 18.2 Å². The van der Waals surface area contributed by atoms with E-state index in [4.69, 9.17) is 10.2 Å². The highest BCUT2D eigenvalue weighted by molar-refractivity contribution is 5.88. The highest BCUT2D eigenvalue weighted by Gasteiger charge is 2.10. The van der Waals surface area contributed by atoms with E-state index in [-0.39, 0.29) is 5.56 Å². The number of halogens is 1. The summed E-state index contributed by atoms with van der Waals surface area (Å²) in [6.07, 6.45) is 0. The van der Waals surface area contributed by atoms with E-state index < -0.39 is 30.1 Å². The number of aliphatic carboxylic acids is 1. The zero-order chi connectivity index (χ0) is 11.4. The van der Waals surface area contributed by atoms with Crippen molar-refractivity contribution in [2.45, 2.75) is 0 Å². The maximum atomic E-state index is 13.0. The Kier molecular flexibility index (Phi) is 3.22. The molecular weight excluding hydrogens is 207 g/mol. The molecular formula is C9H7FO5. The lowest BCUT2D eigenvalue weighted by molar-refractivity contribution is -0.139. The molecule has 1 rings (SSSR count). The summed E-state index contributed by atoms with van der Waals surface area (Å²) in [7, 11) is 0. The average molecular weight is 214 g/mol. The Balaban J connectivity index is 2.90. The molecule has 5 nitrogen and oxygen atoms in total. The fraction of sp³-hybridized carbons (Fsp3) is 0.111. The Hall–Kier alpha value is -2.11. The van der Waals surface area contributed by atoms with Crippen molar-refractivity contribution in [2.24, 2.45) is 0 Å². The van der Waals surface area contributed by atoms with Gasteiger partial charge in [0.1, 0.15) is 0 Å². The summed E-state index contributed by atoms with van der Waals surface area (Å²) >= 11 is 0. The lowest BCUT2D eigenvalue weighted by atomic mass is 10.2. The van der Waals surface area contributed by atoms with Crippen molar-refractivity contribution in [1.82, 2.24) is 0 Å². The smallest absolute Gasteiger partial charge is 0.341 e. The summed E-state index contributed by atoms with van der Waals surface area (Å²) in [6, 6.07) is 2.90. The summed E-state index contributed by atoms with van der Waals surface area (Å²) in [4.78, 5) is 20.6. The molecule has 2 N–H and O–H groups in total. The van der Waals surface area contributed by atoms with E-state index in [0.29, 0.717) is 0 Å². The van der Waals surface area contributed by atoms with E-state index in [2.05, 4.69) is 4.74 Å². The first-order valence-electron chi connectivity index (χ1n) is 3.88. The largest absolute Gasteiger partial charge is 0.479 e. The molecule has 0 unspecified atom stereocenters. The molecule has 6 heteroatoms. The first kappa shape index (κ1) is 11.0. The number of hydrogen-bond acceptors (Lipinski definition) is 3. The predicted octanol–water partition coefficient (Wildman–Crippen LogP) is 0.987. The molecule has 0 fully saturated rings. The van der Waals surface area contributed by atoms with Gasteiger partial charge in [-0.05, 0) is 18.2 Å². The third kappa shape index (κ3) is 2.94. The van der Waals surface area contributed by atoms with Crippen LogP contribution in [0.1, 0.15) is 10.4 Å². The molecule has 0 heterocycles. The monoisotopic (exact) mass is 214 g/mol. The Morgan fingerprint density at radius 1 is 1.33 bits per heavy atom. The SMILES string of the molecule is O=C(O)COc1cc(C(=O)O)ccc1F. The fourth-order valence-corrected chi connectivity index (χ4v) is 0.886. The maximum absolute atomic E-state index is 13.0. The van der Waals surface area contributed by atoms with E-state index in [1.54, 1.807) is 0 Å². The molecule has 1 aromatic carbocycles. The van der Waals surface area contributed by atoms with Gasteiger partial charge in [-0.15, -0.1) is 0 Å². The summed E-state index contributed by atoms with van der Waals surface area (Å²) in [5, 5.41) is 16.9. The maximum Gasteiger partial charge on any atom is 0.341 e. The van der Waals surface area contributed by atoms with Gasteiger partial charge >= 0.3 is 11.9 Å². The molecule has 0 aliphatic heterocycles. The highest BCUT2D eigenvalue weighted by Crippen LogP contribution is 2.18. The van der Waals surface area contributed by atoms with E-state index in [1.165, 1.54) is 0 Å². The van der Waals surface area contributed by atoms with Gasteiger partial charge in [0, 0.05) is 0 Å². The zero-order valence-electron chi connectivity index (χ0n) is 7.44. The minimum Gasteiger partial charge on any atom is -0.479 e. The van der Waals surface area contributed by atoms with Crippen molar-refractivity contribution < 1.29 is 28.9 Å². The van der Waals surface area contributed by atoms with Crippen LogP contribution in [0.4, 0.5) is 4.39 Å². The first-order chi connectivity index (χ1) is 7.00. The van der Waals surface area contributed by atoms with E-state index >= 15 is 0 Å². The standard InChI is InChI=1S/C9H7FO5/c10-6-2-1-5(9(13)14)3-7(6)15-4-8(11)12/h1-3H,4H2,(H,11,12)(H,13,14). The van der Waals surface area contributed by atoms with Crippen LogP contribution in [0.5, 0.6) is 5.75 Å². The van der Waals surface area contributed by atoms with Crippen LogP contribution in [0.15, 0.2) is 18.2 Å². The number of carboxylic acids is 2. The Morgan fingerprint density at radius 3 is 2.53 bits per heavy atom. The van der Waals surface area contributed by atoms with Crippen molar-refractivity contribution in [3.8, 4) is 5.75 Å². The Bertz CT molecular complexity index is 401. The lowest BCUT2D eigenvalue weighted by Crippen LogP contribution is -2.10. The van der Waals surface area contributed by atoms with Crippen LogP contribution < -0.4 is 4.74 Å². The second kappa shape index (κ2) is 4.41. The molecule has 1 aromatic rings. The molecule has 0 saturated carbocycles. The van der Waals surface area contributed by atoms with Gasteiger partial charge in [0.2, 0.25) is 0 Å². The fourth-order valence-electron chi connectivity index (χ4n) is 0.886. The Labute approximate surface area is 83.7 Å². The van der Waals surface area contributed by atoms with Crippen molar-refractivity contribution in [3.63, 3.8) is 0 Å². The molecule has 0 radical (unpaired) electrons. The Morgan fingerprint density at radius 2 is 2.00 bits per heavy atom. The number of ether oxygens (including phenoxy) is 1. The first-order valence-corrected chi connectivity index (χ1v) is 3.88. The van der Waals surface area contributed by atoms with Crippen molar-refractivity contribution in [1.29, 1.82) is 0 Å². The molecule has 0 bridgehead atoms. The van der Waals surface area contributed by atoms with Gasteiger partial charge < -0.3 is 14.9 Å². The highest BCUT2D eigenvalue weighted by atomic mass is 19.1. The number of benzene rings is 1. The molecule has 0 aliphatic carbocycles. The molecule has 0 spiro atoms. The van der Waals surface area contributed by atoms with Gasteiger partial charge in [-0.25, -0.2) is 14.0 Å². The van der Waals surface area contributed by atoms with Gasteiger partial charge in [-0.2, -0.15) is 0 Å². The van der Waals surface area contributed by atoms with Gasteiger partial charge in [0.15, 0.2) is 18.2 Å². The number of rotatable bonds is 4. The van der Waals surface area contributed by atoms with Crippen LogP contribution in [-0.2, 0) is 4.79 Å². The van der Waals surface area contributed by atoms with Gasteiger partial charge in [-0.3, -0.25) is 0 Å². The minimum atomic E-state index is -1.27. The number of carbonyl (C=O) groups is 2. The molecule has 0 aliphatic rings. The van der Waals surface area contributed by atoms with Crippen molar-refractivity contribution >= 4 is 11.9 Å². The van der Waals surface area contributed by atoms with E-state index in [9.17, 15) is 14.0 Å². The van der Waals surface area contributed by atoms with Crippen LogP contribution in [0.3, 0.4) is 0 Å². The summed E-state index contributed by atoms with van der Waals surface area (Å²) in [5.74, 6) is -3.70. The number of carboxylic acid groups (broad SMARTS) is 2. The molecule has 0 amide bonds. The van der Waals surface area contributed by atoms with Gasteiger partial charge in [-0.1, -0.05) is 0 Å². The van der Waals surface area contributed by atoms with Crippen molar-refractivity contribution in [3.05, 3.63) is 29.6 Å². The van der Waals surface area contributed by atoms with Crippen LogP contribution in [0.2, 0.25) is 0 Å².